The lowest BCUT2D eigenvalue weighted by atomic mass is 10.2. The summed E-state index contributed by atoms with van der Waals surface area (Å²) in [5.74, 6) is 0. The summed E-state index contributed by atoms with van der Waals surface area (Å²) in [6.07, 6.45) is 6.53. The third kappa shape index (κ3) is 12.3. The van der Waals surface area contributed by atoms with Gasteiger partial charge >= 0.3 is 0 Å². The summed E-state index contributed by atoms with van der Waals surface area (Å²) in [4.78, 5) is 3.98. The molecule has 0 unspecified atom stereocenters. The minimum absolute atomic E-state index is 0.926. The zero-order valence-electron chi connectivity index (χ0n) is 13.1. The number of rotatable bonds is 2. The molecule has 0 saturated carbocycles. The smallest absolute Gasteiger partial charge is 0.0372 e. The number of nitrogens with zero attached hydrogens (tertiary/aromatic N) is 1. The predicted octanol–water partition coefficient (Wildman–Crippen LogP) is 5.15. The number of nitrogens with one attached hydrogen (secondary N) is 1. The second-order valence-corrected chi connectivity index (χ2v) is 4.42. The molecule has 0 aliphatic rings. The van der Waals surface area contributed by atoms with Crippen LogP contribution >= 0.6 is 0 Å². The molecule has 2 rings (SSSR count). The molecule has 2 aromatic rings. The normalized spacial score (nSPS) is 9.38. The summed E-state index contributed by atoms with van der Waals surface area (Å²) < 4.78 is 0. The van der Waals surface area contributed by atoms with E-state index in [0.717, 1.165) is 11.3 Å². The number of aromatic nitrogens is 1. The summed E-state index contributed by atoms with van der Waals surface area (Å²) in [5, 5.41) is 6.67. The summed E-state index contributed by atoms with van der Waals surface area (Å²) >= 11 is 0. The average Bonchev–Trinajstić information content (AvgIpc) is 2.50. The van der Waals surface area contributed by atoms with E-state index in [2.05, 4.69) is 30.6 Å². The van der Waals surface area contributed by atoms with Crippen molar-refractivity contribution in [2.45, 2.75) is 20.8 Å². The maximum atomic E-state index is 6.67. The second kappa shape index (κ2) is 12.5. The number of benzene rings is 1. The molecule has 0 saturated heterocycles. The van der Waals surface area contributed by atoms with Crippen LogP contribution in [0, 0.1) is 19.3 Å². The van der Waals surface area contributed by atoms with Crippen LogP contribution in [0.4, 0.5) is 0 Å². The fourth-order valence-electron chi connectivity index (χ4n) is 1.22. The van der Waals surface area contributed by atoms with Crippen LogP contribution in [0.15, 0.2) is 79.0 Å². The molecule has 0 spiro atoms. The van der Waals surface area contributed by atoms with Crippen LogP contribution in [0.1, 0.15) is 18.2 Å². The summed E-state index contributed by atoms with van der Waals surface area (Å²) in [6.45, 7) is 9.38. The summed E-state index contributed by atoms with van der Waals surface area (Å²) in [7, 11) is 0. The van der Waals surface area contributed by atoms with Gasteiger partial charge in [-0.2, -0.15) is 0 Å². The van der Waals surface area contributed by atoms with Gasteiger partial charge in [-0.1, -0.05) is 60.7 Å². The lowest BCUT2D eigenvalue weighted by Crippen LogP contribution is -1.72. The topological polar surface area (TPSA) is 36.7 Å². The molecule has 0 radical (unpaired) electrons. The van der Waals surface area contributed by atoms with Crippen LogP contribution in [0.2, 0.25) is 0 Å². The highest BCUT2D eigenvalue weighted by Gasteiger charge is 1.73. The van der Waals surface area contributed by atoms with Crippen molar-refractivity contribution in [1.29, 1.82) is 5.41 Å². The van der Waals surface area contributed by atoms with Crippen molar-refractivity contribution in [2.75, 3.05) is 0 Å². The van der Waals surface area contributed by atoms with Gasteiger partial charge in [-0.15, -0.1) is 0 Å². The molecule has 1 heterocycles. The lowest BCUT2D eigenvalue weighted by Gasteiger charge is -1.82. The molecule has 1 aromatic carbocycles. The Bertz CT molecular complexity index is 491. The van der Waals surface area contributed by atoms with E-state index in [0.29, 0.717) is 0 Å². The number of hydrogen-bond donors (Lipinski definition) is 1. The molecule has 1 aromatic heterocycles. The van der Waals surface area contributed by atoms with Crippen molar-refractivity contribution in [1.82, 2.24) is 4.98 Å². The van der Waals surface area contributed by atoms with Gasteiger partial charge in [0.15, 0.2) is 0 Å². The van der Waals surface area contributed by atoms with Crippen LogP contribution in [-0.2, 0) is 0 Å². The van der Waals surface area contributed by atoms with E-state index in [1.54, 1.807) is 18.3 Å². The number of hydrogen-bond acceptors (Lipinski definition) is 2. The Kier molecular flexibility index (Phi) is 11.1. The monoisotopic (exact) mass is 280 g/mol. The third-order valence-corrected chi connectivity index (χ3v) is 2.36. The minimum Gasteiger partial charge on any atom is -0.308 e. The van der Waals surface area contributed by atoms with Gasteiger partial charge in [0, 0.05) is 18.1 Å². The zero-order chi connectivity index (χ0) is 15.9. The molecular weight excluding hydrogens is 256 g/mol. The highest BCUT2D eigenvalue weighted by Crippen LogP contribution is 1.92. The first-order valence-electron chi connectivity index (χ1n) is 6.79. The first-order valence-corrected chi connectivity index (χ1v) is 6.79. The Morgan fingerprint density at radius 2 is 1.67 bits per heavy atom. The molecule has 110 valence electrons. The average molecular weight is 280 g/mol. The van der Waals surface area contributed by atoms with E-state index in [1.807, 2.05) is 50.2 Å². The van der Waals surface area contributed by atoms with E-state index < -0.39 is 0 Å². The maximum absolute atomic E-state index is 6.67. The largest absolute Gasteiger partial charge is 0.308 e. The molecule has 1 N–H and O–H groups in total. The van der Waals surface area contributed by atoms with E-state index in [9.17, 15) is 0 Å². The van der Waals surface area contributed by atoms with Gasteiger partial charge in [-0.3, -0.25) is 4.98 Å². The Morgan fingerprint density at radius 1 is 1.05 bits per heavy atom. The maximum Gasteiger partial charge on any atom is 0.0372 e. The first kappa shape index (κ1) is 18.5. The van der Waals surface area contributed by atoms with Crippen LogP contribution in [0.5, 0.6) is 0 Å². The minimum atomic E-state index is 0.926. The van der Waals surface area contributed by atoms with Crippen LogP contribution in [0.3, 0.4) is 0 Å². The summed E-state index contributed by atoms with van der Waals surface area (Å²) in [5.41, 5.74) is 3.32. The Hall–Kier alpha value is -2.48. The van der Waals surface area contributed by atoms with Crippen LogP contribution in [-0.4, -0.2) is 11.2 Å². The lowest BCUT2D eigenvalue weighted by molar-refractivity contribution is 1.20. The quantitative estimate of drug-likeness (QED) is 0.599. The standard InChI is InChI=1S/C7H8.C6H7N.C6H9N/c1-7-5-3-2-4-6-7;1-6-4-2-3-5-7-6;1-3-4-6(2)5-7/h2-6H,1H3;2-5H,1H3;3-5,7H,1H2,2H3/b;;6-4-,7-5?. The van der Waals surface area contributed by atoms with Crippen molar-refractivity contribution in [2.24, 2.45) is 0 Å². The molecule has 0 aliphatic carbocycles. The fraction of sp³-hybridized carbons (Fsp3) is 0.158. The molecule has 0 atom stereocenters. The van der Waals surface area contributed by atoms with Crippen molar-refractivity contribution >= 4 is 6.21 Å². The first-order chi connectivity index (χ1) is 10.1. The Labute approximate surface area is 128 Å². The predicted molar refractivity (Wildman–Crippen MR) is 92.9 cm³/mol. The SMILES string of the molecule is C=C/C=C(/C)C=N.Cc1ccccc1.Cc1ccccn1. The molecular formula is C19H24N2. The number of aryl methyl sites for hydroxylation is 2. The van der Waals surface area contributed by atoms with Crippen molar-refractivity contribution in [3.8, 4) is 0 Å². The van der Waals surface area contributed by atoms with Crippen LogP contribution < -0.4 is 0 Å². The molecule has 21 heavy (non-hydrogen) atoms. The molecule has 0 amide bonds. The summed E-state index contributed by atoms with van der Waals surface area (Å²) in [6, 6.07) is 16.1. The van der Waals surface area contributed by atoms with E-state index >= 15 is 0 Å². The number of pyridine rings is 1. The van der Waals surface area contributed by atoms with Crippen molar-refractivity contribution in [3.05, 3.63) is 90.3 Å². The number of allylic oxidation sites excluding steroid dienone is 3. The molecule has 2 heteroatoms. The fourth-order valence-corrected chi connectivity index (χ4v) is 1.22. The van der Waals surface area contributed by atoms with Gasteiger partial charge in [0.05, 0.1) is 0 Å². The zero-order valence-corrected chi connectivity index (χ0v) is 13.1. The van der Waals surface area contributed by atoms with Gasteiger partial charge in [0.25, 0.3) is 0 Å². The Balaban J connectivity index is 0.000000286. The van der Waals surface area contributed by atoms with Crippen molar-refractivity contribution in [3.63, 3.8) is 0 Å². The second-order valence-electron chi connectivity index (χ2n) is 4.42. The molecule has 0 aliphatic heterocycles. The Morgan fingerprint density at radius 3 is 1.90 bits per heavy atom. The van der Waals surface area contributed by atoms with Crippen LogP contribution in [0.25, 0.3) is 0 Å². The molecule has 2 nitrogen and oxygen atoms in total. The highest BCUT2D eigenvalue weighted by atomic mass is 14.6. The van der Waals surface area contributed by atoms with Gasteiger partial charge in [0.2, 0.25) is 0 Å². The van der Waals surface area contributed by atoms with E-state index in [4.69, 9.17) is 5.41 Å². The van der Waals surface area contributed by atoms with E-state index in [1.165, 1.54) is 11.8 Å². The van der Waals surface area contributed by atoms with Gasteiger partial charge in [-0.25, -0.2) is 0 Å². The molecule has 0 fully saturated rings. The third-order valence-electron chi connectivity index (χ3n) is 2.36. The van der Waals surface area contributed by atoms with Gasteiger partial charge in [0.1, 0.15) is 0 Å². The van der Waals surface area contributed by atoms with E-state index in [-0.39, 0.29) is 0 Å². The van der Waals surface area contributed by atoms with Crippen molar-refractivity contribution < 1.29 is 0 Å². The molecule has 0 bridgehead atoms. The highest BCUT2D eigenvalue weighted by molar-refractivity contribution is 5.75. The van der Waals surface area contributed by atoms with Gasteiger partial charge < -0.3 is 5.41 Å². The van der Waals surface area contributed by atoms with Gasteiger partial charge in [-0.05, 0) is 38.5 Å².